The molecule has 1 atom stereocenters. The second-order valence-electron chi connectivity index (χ2n) is 3.92. The molecule has 0 aliphatic carbocycles. The van der Waals surface area contributed by atoms with Crippen molar-refractivity contribution < 1.29 is 9.59 Å². The average Bonchev–Trinajstić information content (AvgIpc) is 2.78. The van der Waals surface area contributed by atoms with Gasteiger partial charge in [0.1, 0.15) is 6.04 Å². The number of rotatable bonds is 2. The van der Waals surface area contributed by atoms with Gasteiger partial charge >= 0.3 is 0 Å². The van der Waals surface area contributed by atoms with E-state index in [-0.39, 0.29) is 5.91 Å². The number of nitrogens with zero attached hydrogens (tertiary/aromatic N) is 1. The molecule has 0 radical (unpaired) electrons. The maximum Gasteiger partial charge on any atom is 0.254 e. The monoisotopic (exact) mass is 218 g/mol. The van der Waals surface area contributed by atoms with E-state index < -0.39 is 11.9 Å². The summed E-state index contributed by atoms with van der Waals surface area (Å²) in [5.74, 6) is -0.524. The van der Waals surface area contributed by atoms with E-state index in [2.05, 4.69) is 0 Å². The molecule has 1 fully saturated rings. The van der Waals surface area contributed by atoms with Crippen molar-refractivity contribution in [2.45, 2.75) is 18.9 Å². The molecule has 1 aromatic carbocycles. The van der Waals surface area contributed by atoms with Crippen molar-refractivity contribution in [2.75, 3.05) is 6.54 Å². The highest BCUT2D eigenvalue weighted by Gasteiger charge is 2.32. The van der Waals surface area contributed by atoms with E-state index in [0.717, 1.165) is 6.42 Å². The summed E-state index contributed by atoms with van der Waals surface area (Å²) in [5.41, 5.74) is 5.88. The van der Waals surface area contributed by atoms with Gasteiger partial charge in [0.05, 0.1) is 0 Å². The van der Waals surface area contributed by atoms with E-state index in [1.807, 2.05) is 18.2 Å². The van der Waals surface area contributed by atoms with Gasteiger partial charge in [0.15, 0.2) is 0 Å². The third-order valence-electron chi connectivity index (χ3n) is 2.86. The van der Waals surface area contributed by atoms with E-state index in [1.165, 1.54) is 0 Å². The number of carbonyl (C=O) groups is 2. The smallest absolute Gasteiger partial charge is 0.254 e. The quantitative estimate of drug-likeness (QED) is 0.797. The van der Waals surface area contributed by atoms with Crippen molar-refractivity contribution in [2.24, 2.45) is 5.73 Å². The van der Waals surface area contributed by atoms with E-state index in [1.54, 1.807) is 17.0 Å². The van der Waals surface area contributed by atoms with Crippen LogP contribution in [0, 0.1) is 0 Å². The minimum Gasteiger partial charge on any atom is -0.368 e. The van der Waals surface area contributed by atoms with Crippen LogP contribution >= 0.6 is 0 Å². The molecule has 0 saturated carbocycles. The highest BCUT2D eigenvalue weighted by molar-refractivity contribution is 5.97. The standard InChI is InChI=1S/C12H14N2O2/c13-11(15)10-7-4-8-14(10)12(16)9-5-2-1-3-6-9/h1-3,5-6,10H,4,7-8H2,(H2,13,15)/t10-/m1/s1. The van der Waals surface area contributed by atoms with Crippen LogP contribution in [-0.2, 0) is 4.79 Å². The SMILES string of the molecule is NC(=O)[C@H]1CCCN1C(=O)c1ccccc1. The van der Waals surface area contributed by atoms with Gasteiger partial charge in [0.25, 0.3) is 5.91 Å². The van der Waals surface area contributed by atoms with Gasteiger partial charge in [-0.25, -0.2) is 0 Å². The Kier molecular flexibility index (Phi) is 2.90. The second kappa shape index (κ2) is 4.35. The third-order valence-corrected chi connectivity index (χ3v) is 2.86. The van der Waals surface area contributed by atoms with E-state index in [4.69, 9.17) is 5.73 Å². The van der Waals surface area contributed by atoms with Gasteiger partial charge in [0, 0.05) is 12.1 Å². The topological polar surface area (TPSA) is 63.4 Å². The van der Waals surface area contributed by atoms with Crippen LogP contribution in [0.4, 0.5) is 0 Å². The van der Waals surface area contributed by atoms with Crippen LogP contribution in [0.1, 0.15) is 23.2 Å². The molecule has 0 aromatic heterocycles. The number of nitrogens with two attached hydrogens (primary N) is 1. The molecular formula is C12H14N2O2. The molecule has 0 bridgehead atoms. The predicted molar refractivity (Wildman–Crippen MR) is 59.7 cm³/mol. The Bertz CT molecular complexity index is 403. The molecule has 2 N–H and O–H groups in total. The lowest BCUT2D eigenvalue weighted by atomic mass is 10.1. The number of carbonyl (C=O) groups excluding carboxylic acids is 2. The summed E-state index contributed by atoms with van der Waals surface area (Å²) in [5, 5.41) is 0. The highest BCUT2D eigenvalue weighted by atomic mass is 16.2. The maximum atomic E-state index is 12.1. The summed E-state index contributed by atoms with van der Waals surface area (Å²) in [6.45, 7) is 0.612. The number of benzene rings is 1. The second-order valence-corrected chi connectivity index (χ2v) is 3.92. The number of likely N-dealkylation sites (tertiary alicyclic amines) is 1. The molecule has 84 valence electrons. The average molecular weight is 218 g/mol. The molecule has 16 heavy (non-hydrogen) atoms. The lowest BCUT2D eigenvalue weighted by Gasteiger charge is -2.22. The third kappa shape index (κ3) is 1.91. The summed E-state index contributed by atoms with van der Waals surface area (Å²) in [7, 11) is 0. The molecule has 0 spiro atoms. The Balaban J connectivity index is 2.19. The molecule has 1 aliphatic heterocycles. The van der Waals surface area contributed by atoms with E-state index in [9.17, 15) is 9.59 Å². The van der Waals surface area contributed by atoms with Crippen molar-refractivity contribution in [3.63, 3.8) is 0 Å². The summed E-state index contributed by atoms with van der Waals surface area (Å²) >= 11 is 0. The summed E-state index contributed by atoms with van der Waals surface area (Å²) in [6, 6.07) is 8.53. The van der Waals surface area contributed by atoms with Crippen molar-refractivity contribution in [3.8, 4) is 0 Å². The van der Waals surface area contributed by atoms with Crippen molar-refractivity contribution in [3.05, 3.63) is 35.9 Å². The fraction of sp³-hybridized carbons (Fsp3) is 0.333. The molecular weight excluding hydrogens is 204 g/mol. The molecule has 1 aromatic rings. The molecule has 0 unspecified atom stereocenters. The lowest BCUT2D eigenvalue weighted by Crippen LogP contribution is -2.43. The first-order chi connectivity index (χ1) is 7.70. The minimum atomic E-state index is -0.437. The van der Waals surface area contributed by atoms with Gasteiger partial charge < -0.3 is 10.6 Å². The lowest BCUT2D eigenvalue weighted by molar-refractivity contribution is -0.121. The van der Waals surface area contributed by atoms with E-state index in [0.29, 0.717) is 18.5 Å². The predicted octanol–water partition coefficient (Wildman–Crippen LogP) is 0.776. The Morgan fingerprint density at radius 1 is 1.25 bits per heavy atom. The fourth-order valence-electron chi connectivity index (χ4n) is 2.05. The van der Waals surface area contributed by atoms with Crippen molar-refractivity contribution >= 4 is 11.8 Å². The van der Waals surface area contributed by atoms with Gasteiger partial charge in [-0.15, -0.1) is 0 Å². The number of hydrogen-bond acceptors (Lipinski definition) is 2. The van der Waals surface area contributed by atoms with Crippen molar-refractivity contribution in [1.82, 2.24) is 4.90 Å². The van der Waals surface area contributed by atoms with Crippen LogP contribution < -0.4 is 5.73 Å². The Labute approximate surface area is 94.0 Å². The van der Waals surface area contributed by atoms with Crippen LogP contribution in [0.25, 0.3) is 0 Å². The zero-order valence-corrected chi connectivity index (χ0v) is 8.93. The first-order valence-corrected chi connectivity index (χ1v) is 5.35. The number of amides is 2. The molecule has 1 heterocycles. The van der Waals surface area contributed by atoms with Gasteiger partial charge in [-0.1, -0.05) is 18.2 Å². The summed E-state index contributed by atoms with van der Waals surface area (Å²) in [6.07, 6.45) is 1.51. The minimum absolute atomic E-state index is 0.109. The highest BCUT2D eigenvalue weighted by Crippen LogP contribution is 2.19. The first-order valence-electron chi connectivity index (χ1n) is 5.35. The molecule has 4 heteroatoms. The number of primary amides is 1. The van der Waals surface area contributed by atoms with Crippen LogP contribution in [0.2, 0.25) is 0 Å². The van der Waals surface area contributed by atoms with Crippen LogP contribution in [-0.4, -0.2) is 29.3 Å². The normalized spacial score (nSPS) is 19.8. The van der Waals surface area contributed by atoms with Crippen LogP contribution in [0.3, 0.4) is 0 Å². The Hall–Kier alpha value is -1.84. The van der Waals surface area contributed by atoms with Gasteiger partial charge in [-0.3, -0.25) is 9.59 Å². The van der Waals surface area contributed by atoms with Gasteiger partial charge in [-0.05, 0) is 25.0 Å². The van der Waals surface area contributed by atoms with Crippen LogP contribution in [0.5, 0.6) is 0 Å². The summed E-state index contributed by atoms with van der Waals surface area (Å²) < 4.78 is 0. The van der Waals surface area contributed by atoms with Crippen molar-refractivity contribution in [1.29, 1.82) is 0 Å². The maximum absolute atomic E-state index is 12.1. The summed E-state index contributed by atoms with van der Waals surface area (Å²) in [4.78, 5) is 24.8. The Morgan fingerprint density at radius 3 is 2.56 bits per heavy atom. The molecule has 4 nitrogen and oxygen atoms in total. The molecule has 1 saturated heterocycles. The van der Waals surface area contributed by atoms with Crippen LogP contribution in [0.15, 0.2) is 30.3 Å². The first kappa shape index (κ1) is 10.7. The largest absolute Gasteiger partial charge is 0.368 e. The Morgan fingerprint density at radius 2 is 1.94 bits per heavy atom. The molecule has 2 rings (SSSR count). The van der Waals surface area contributed by atoms with Gasteiger partial charge in [0.2, 0.25) is 5.91 Å². The zero-order chi connectivity index (χ0) is 11.5. The van der Waals surface area contributed by atoms with Gasteiger partial charge in [-0.2, -0.15) is 0 Å². The molecule has 1 aliphatic rings. The van der Waals surface area contributed by atoms with E-state index >= 15 is 0 Å². The number of hydrogen-bond donors (Lipinski definition) is 1. The fourth-order valence-corrected chi connectivity index (χ4v) is 2.05. The molecule has 2 amide bonds. The zero-order valence-electron chi connectivity index (χ0n) is 8.93.